The quantitative estimate of drug-likeness (QED) is 0.386. The van der Waals surface area contributed by atoms with E-state index in [2.05, 4.69) is 25.5 Å². The van der Waals surface area contributed by atoms with E-state index in [4.69, 9.17) is 9.47 Å². The first-order valence-electron chi connectivity index (χ1n) is 7.68. The summed E-state index contributed by atoms with van der Waals surface area (Å²) in [5.74, 6) is 0.976. The first kappa shape index (κ1) is 22.2. The minimum absolute atomic E-state index is 0.193. The van der Waals surface area contributed by atoms with Crippen LogP contribution >= 0.6 is 9.42 Å². The predicted molar refractivity (Wildman–Crippen MR) is 95.7 cm³/mol. The van der Waals surface area contributed by atoms with Crippen molar-refractivity contribution in [3.05, 3.63) is 60.4 Å². The molecule has 2 aromatic heterocycles. The van der Waals surface area contributed by atoms with Gasteiger partial charge in [-0.1, -0.05) is 11.1 Å². The molecule has 3 rings (SSSR count). The van der Waals surface area contributed by atoms with Crippen molar-refractivity contribution in [2.75, 3.05) is 14.2 Å². The van der Waals surface area contributed by atoms with Crippen LogP contribution in [0, 0.1) is 6.07 Å². The van der Waals surface area contributed by atoms with Gasteiger partial charge in [-0.2, -0.15) is 13.2 Å². The molecule has 1 aromatic carbocycles. The average Bonchev–Trinajstić information content (AvgIpc) is 2.74. The van der Waals surface area contributed by atoms with Gasteiger partial charge in [-0.05, 0) is 29.8 Å². The molecule has 0 aliphatic carbocycles. The Morgan fingerprint density at radius 2 is 1.29 bits per heavy atom. The van der Waals surface area contributed by atoms with Gasteiger partial charge in [-0.15, -0.1) is 18.2 Å². The van der Waals surface area contributed by atoms with Crippen molar-refractivity contribution in [2.24, 2.45) is 0 Å². The van der Waals surface area contributed by atoms with Crippen molar-refractivity contribution < 1.29 is 41.4 Å². The predicted octanol–water partition coefficient (Wildman–Crippen LogP) is 5.33. The van der Waals surface area contributed by atoms with Crippen molar-refractivity contribution in [3.8, 4) is 34.0 Å². The van der Waals surface area contributed by atoms with E-state index in [9.17, 15) is 13.2 Å². The molecular weight excluding hydrogens is 576 g/mol. The molecule has 0 atom stereocenters. The van der Waals surface area contributed by atoms with Crippen LogP contribution in [-0.2, 0) is 24.9 Å². The van der Waals surface area contributed by atoms with E-state index in [-0.39, 0.29) is 11.1 Å². The third kappa shape index (κ3) is 5.46. The van der Waals surface area contributed by atoms with E-state index in [0.717, 1.165) is 12.1 Å². The molecule has 28 heavy (non-hydrogen) atoms. The summed E-state index contributed by atoms with van der Waals surface area (Å²) in [5.41, 5.74) is 0.214. The number of pyridine rings is 2. The van der Waals surface area contributed by atoms with Gasteiger partial charge >= 0.3 is 34.4 Å². The Bertz CT molecular complexity index is 873. The Labute approximate surface area is 175 Å². The third-order valence-electron chi connectivity index (χ3n) is 3.68. The topological polar surface area (TPSA) is 44.2 Å². The number of hydrogen-bond acceptors (Lipinski definition) is 4. The van der Waals surface area contributed by atoms with E-state index in [1.165, 1.54) is 26.6 Å². The molecular formula is C19H14ClF3N2O2Pt. The number of nitrogens with zero attached hydrogens (tertiary/aromatic N) is 2. The van der Waals surface area contributed by atoms with Gasteiger partial charge in [0.05, 0.1) is 14.2 Å². The van der Waals surface area contributed by atoms with E-state index in [0.29, 0.717) is 22.9 Å². The molecule has 4 nitrogen and oxygen atoms in total. The summed E-state index contributed by atoms with van der Waals surface area (Å²) in [7, 11) is 7.56. The van der Waals surface area contributed by atoms with Gasteiger partial charge in [-0.25, -0.2) is 0 Å². The van der Waals surface area contributed by atoms with E-state index in [1.807, 2.05) is 0 Å². The second kappa shape index (κ2) is 9.89. The van der Waals surface area contributed by atoms with E-state index < -0.39 is 11.7 Å². The molecule has 0 N–H and O–H groups in total. The number of hydrogen-bond donors (Lipinski definition) is 0. The maximum atomic E-state index is 13.4. The monoisotopic (exact) mass is 589 g/mol. The minimum atomic E-state index is -4.52. The number of alkyl halides is 3. The van der Waals surface area contributed by atoms with Crippen LogP contribution in [0.4, 0.5) is 13.2 Å². The molecule has 0 saturated carbocycles. The van der Waals surface area contributed by atoms with Crippen LogP contribution in [0.25, 0.3) is 22.5 Å². The van der Waals surface area contributed by atoms with Crippen LogP contribution in [0.15, 0.2) is 48.8 Å². The van der Waals surface area contributed by atoms with Crippen molar-refractivity contribution in [3.63, 3.8) is 0 Å². The number of methoxy groups -OCH3 is 2. The van der Waals surface area contributed by atoms with Gasteiger partial charge < -0.3 is 9.47 Å². The molecule has 9 heteroatoms. The molecule has 0 fully saturated rings. The average molecular weight is 590 g/mol. The fourth-order valence-electron chi connectivity index (χ4n) is 2.38. The van der Waals surface area contributed by atoms with Crippen LogP contribution in [0.3, 0.4) is 0 Å². The summed E-state index contributed by atoms with van der Waals surface area (Å²) in [5, 5.41) is 0. The van der Waals surface area contributed by atoms with Crippen molar-refractivity contribution in [2.45, 2.75) is 6.18 Å². The van der Waals surface area contributed by atoms with Crippen LogP contribution in [0.1, 0.15) is 5.56 Å². The zero-order valence-electron chi connectivity index (χ0n) is 14.7. The molecule has 0 radical (unpaired) electrons. The summed E-state index contributed by atoms with van der Waals surface area (Å²) < 4.78 is 50.3. The molecule has 150 valence electrons. The number of ether oxygens (including phenoxy) is 2. The Kier molecular flexibility index (Phi) is 7.84. The van der Waals surface area contributed by atoms with Crippen molar-refractivity contribution >= 4 is 9.42 Å². The zero-order valence-corrected chi connectivity index (χ0v) is 17.7. The molecule has 2 heterocycles. The first-order valence-corrected chi connectivity index (χ1v) is 10.5. The summed E-state index contributed by atoms with van der Waals surface area (Å²) in [6, 6.07) is 11.3. The molecule has 0 aliphatic heterocycles. The Morgan fingerprint density at radius 3 is 1.64 bits per heavy atom. The SMILES string of the molecule is COc1ccnc(-c2[c-]c(-c3cc(OC)ccn3)cc(C(F)(F)F)c2)c1.[Cl][Pt+]. The van der Waals surface area contributed by atoms with Gasteiger partial charge in [0.25, 0.3) is 0 Å². The van der Waals surface area contributed by atoms with Gasteiger partial charge in [-0.3, -0.25) is 9.97 Å². The zero-order chi connectivity index (χ0) is 20.7. The van der Waals surface area contributed by atoms with Crippen LogP contribution in [0.5, 0.6) is 11.5 Å². The van der Waals surface area contributed by atoms with Gasteiger partial charge in [0.2, 0.25) is 0 Å². The Hall–Kier alpha value is -2.11. The second-order valence-corrected chi connectivity index (χ2v) is 5.36. The number of aromatic nitrogens is 2. The summed E-state index contributed by atoms with van der Waals surface area (Å²) in [4.78, 5) is 8.25. The first-order chi connectivity index (χ1) is 13.4. The van der Waals surface area contributed by atoms with Gasteiger partial charge in [0, 0.05) is 23.8 Å². The van der Waals surface area contributed by atoms with Gasteiger partial charge in [0.1, 0.15) is 11.5 Å². The van der Waals surface area contributed by atoms with E-state index >= 15 is 0 Å². The third-order valence-corrected chi connectivity index (χ3v) is 3.68. The summed E-state index contributed by atoms with van der Waals surface area (Å²) >= 11 is 1.61. The normalized spacial score (nSPS) is 10.7. The van der Waals surface area contributed by atoms with Gasteiger partial charge in [0.15, 0.2) is 0 Å². The van der Waals surface area contributed by atoms with Crippen molar-refractivity contribution in [1.82, 2.24) is 9.97 Å². The van der Waals surface area contributed by atoms with Crippen LogP contribution < -0.4 is 9.47 Å². The molecule has 3 aromatic rings. The number of halogens is 4. The molecule has 0 spiro atoms. The Balaban J connectivity index is 0.00000136. The van der Waals surface area contributed by atoms with E-state index in [1.54, 1.807) is 43.0 Å². The molecule has 0 bridgehead atoms. The molecule has 0 amide bonds. The fraction of sp³-hybridized carbons (Fsp3) is 0.158. The molecule has 0 unspecified atom stereocenters. The standard InChI is InChI=1S/C19H14F3N2O2.ClH.Pt/c1-25-15-3-5-23-17(10-15)12-7-13(9-14(8-12)19(20,21)22)18-11-16(26-2)4-6-24-18;;/h3-6,8-11H,1-2H3;1H;/q-1;;+2/p-1. The summed E-state index contributed by atoms with van der Waals surface area (Å²) in [6.07, 6.45) is -1.59. The number of benzene rings is 1. The van der Waals surface area contributed by atoms with Crippen LogP contribution in [0.2, 0.25) is 0 Å². The second-order valence-electron chi connectivity index (χ2n) is 5.36. The molecule has 0 aliphatic rings. The molecule has 0 saturated heterocycles. The van der Waals surface area contributed by atoms with Crippen LogP contribution in [-0.4, -0.2) is 24.2 Å². The number of rotatable bonds is 4. The summed E-state index contributed by atoms with van der Waals surface area (Å²) in [6.45, 7) is 0. The maximum absolute atomic E-state index is 13.4. The Morgan fingerprint density at radius 1 is 0.857 bits per heavy atom. The van der Waals surface area contributed by atoms with Crippen molar-refractivity contribution in [1.29, 1.82) is 0 Å². The fourth-order valence-corrected chi connectivity index (χ4v) is 2.38.